The average molecular weight is 433 g/mol. The minimum atomic E-state index is -0.687. The number of piperazine rings is 1. The first-order valence-corrected chi connectivity index (χ1v) is 10.4. The molecule has 2 amide bonds. The number of amides is 2. The SMILES string of the molecule is CCCC1CN(C(=Nc2cc(F)ccc2F)NC#N)CCN1C(=O)Nc1cccs1. The zero-order valence-corrected chi connectivity index (χ0v) is 17.3. The van der Waals surface area contributed by atoms with Crippen molar-refractivity contribution in [3.63, 3.8) is 0 Å². The van der Waals surface area contributed by atoms with Gasteiger partial charge in [0.25, 0.3) is 0 Å². The number of hydrogen-bond acceptors (Lipinski definition) is 4. The molecule has 1 aliphatic heterocycles. The van der Waals surface area contributed by atoms with Crippen LogP contribution in [0.4, 0.5) is 24.3 Å². The van der Waals surface area contributed by atoms with Crippen LogP contribution in [0.3, 0.4) is 0 Å². The Morgan fingerprint density at radius 3 is 2.90 bits per heavy atom. The minimum absolute atomic E-state index is 0.119. The number of rotatable bonds is 4. The number of carbonyl (C=O) groups is 1. The van der Waals surface area contributed by atoms with Gasteiger partial charge in [-0.15, -0.1) is 11.3 Å². The third-order valence-electron chi connectivity index (χ3n) is 4.72. The summed E-state index contributed by atoms with van der Waals surface area (Å²) in [5.74, 6) is -1.18. The lowest BCUT2D eigenvalue weighted by Gasteiger charge is -2.42. The standard InChI is InChI=1S/C20H22F2N6OS/c1-2-4-15-12-27(8-9-28(15)20(29)26-18-5-3-10-30-18)19(24-13-23)25-17-11-14(21)6-7-16(17)22/h3,5-7,10-11,15H,2,4,8-9,12H2,1H3,(H,24,25)(H,26,29). The molecule has 1 aromatic heterocycles. The topological polar surface area (TPSA) is 83.8 Å². The highest BCUT2D eigenvalue weighted by Crippen LogP contribution is 2.22. The van der Waals surface area contributed by atoms with E-state index in [1.165, 1.54) is 11.3 Å². The van der Waals surface area contributed by atoms with Gasteiger partial charge in [-0.25, -0.2) is 18.6 Å². The minimum Gasteiger partial charge on any atom is -0.338 e. The van der Waals surface area contributed by atoms with Crippen molar-refractivity contribution in [1.29, 1.82) is 5.26 Å². The molecule has 158 valence electrons. The number of halogens is 2. The summed E-state index contributed by atoms with van der Waals surface area (Å²) in [5.41, 5.74) is -0.197. The molecule has 0 radical (unpaired) electrons. The predicted octanol–water partition coefficient (Wildman–Crippen LogP) is 4.10. The zero-order chi connectivity index (χ0) is 21.5. The van der Waals surface area contributed by atoms with E-state index in [1.54, 1.807) is 16.0 Å². The Morgan fingerprint density at radius 1 is 1.37 bits per heavy atom. The van der Waals surface area contributed by atoms with Crippen LogP contribution in [-0.2, 0) is 0 Å². The number of nitriles is 1. The monoisotopic (exact) mass is 432 g/mol. The fourth-order valence-corrected chi connectivity index (χ4v) is 3.94. The maximum Gasteiger partial charge on any atom is 0.322 e. The summed E-state index contributed by atoms with van der Waals surface area (Å²) in [7, 11) is 0. The van der Waals surface area contributed by atoms with Crippen LogP contribution in [-0.4, -0.2) is 47.5 Å². The third kappa shape index (κ3) is 5.24. The van der Waals surface area contributed by atoms with E-state index < -0.39 is 11.6 Å². The van der Waals surface area contributed by atoms with Crippen LogP contribution >= 0.6 is 11.3 Å². The Bertz CT molecular complexity index is 943. The number of anilines is 1. The predicted molar refractivity (Wildman–Crippen MR) is 113 cm³/mol. The highest BCUT2D eigenvalue weighted by Gasteiger charge is 2.31. The van der Waals surface area contributed by atoms with Gasteiger partial charge in [-0.05, 0) is 36.1 Å². The maximum absolute atomic E-state index is 14.0. The van der Waals surface area contributed by atoms with Gasteiger partial charge in [0.15, 0.2) is 6.19 Å². The summed E-state index contributed by atoms with van der Waals surface area (Å²) in [5, 5.41) is 17.1. The molecule has 2 N–H and O–H groups in total. The van der Waals surface area contributed by atoms with Crippen molar-refractivity contribution >= 4 is 34.0 Å². The van der Waals surface area contributed by atoms with Crippen LogP contribution in [0.2, 0.25) is 0 Å². The van der Waals surface area contributed by atoms with E-state index in [9.17, 15) is 13.6 Å². The Morgan fingerprint density at radius 2 is 2.20 bits per heavy atom. The fraction of sp³-hybridized carbons (Fsp3) is 0.350. The molecule has 1 unspecified atom stereocenters. The van der Waals surface area contributed by atoms with Crippen molar-refractivity contribution in [3.8, 4) is 6.19 Å². The lowest BCUT2D eigenvalue weighted by atomic mass is 10.1. The quantitative estimate of drug-likeness (QED) is 0.330. The van der Waals surface area contributed by atoms with Crippen LogP contribution in [0.25, 0.3) is 0 Å². The number of hydrogen-bond donors (Lipinski definition) is 2. The van der Waals surface area contributed by atoms with E-state index in [0.717, 1.165) is 36.0 Å². The van der Waals surface area contributed by atoms with Crippen molar-refractivity contribution in [3.05, 3.63) is 47.3 Å². The molecule has 10 heteroatoms. The van der Waals surface area contributed by atoms with Gasteiger partial charge in [0, 0.05) is 25.7 Å². The van der Waals surface area contributed by atoms with Gasteiger partial charge >= 0.3 is 6.03 Å². The summed E-state index contributed by atoms with van der Waals surface area (Å²) in [6.07, 6.45) is 3.41. The number of carbonyl (C=O) groups excluding carboxylic acids is 1. The Kier molecular flexibility index (Phi) is 7.19. The van der Waals surface area contributed by atoms with Gasteiger partial charge in [0.05, 0.1) is 11.0 Å². The Labute approximate surface area is 177 Å². The lowest BCUT2D eigenvalue weighted by molar-refractivity contribution is 0.129. The molecule has 1 atom stereocenters. The summed E-state index contributed by atoms with van der Waals surface area (Å²) in [4.78, 5) is 20.4. The summed E-state index contributed by atoms with van der Waals surface area (Å²) >= 11 is 1.45. The second kappa shape index (κ2) is 10.0. The molecule has 2 aromatic rings. The molecule has 0 bridgehead atoms. The number of guanidine groups is 1. The van der Waals surface area contributed by atoms with E-state index >= 15 is 0 Å². The number of nitrogens with zero attached hydrogens (tertiary/aromatic N) is 4. The van der Waals surface area contributed by atoms with Crippen molar-refractivity contribution < 1.29 is 13.6 Å². The molecule has 0 spiro atoms. The second-order valence-electron chi connectivity index (χ2n) is 6.76. The number of benzene rings is 1. The molecule has 0 saturated carbocycles. The molecular weight excluding hydrogens is 410 g/mol. The molecular formula is C20H22F2N6OS. The molecule has 7 nitrogen and oxygen atoms in total. The first-order chi connectivity index (χ1) is 14.5. The number of thiophene rings is 1. The van der Waals surface area contributed by atoms with Crippen LogP contribution in [0, 0.1) is 23.1 Å². The molecule has 1 fully saturated rings. The normalized spacial score (nSPS) is 16.9. The van der Waals surface area contributed by atoms with E-state index in [0.29, 0.717) is 19.6 Å². The summed E-state index contributed by atoms with van der Waals surface area (Å²) < 4.78 is 27.5. The highest BCUT2D eigenvalue weighted by atomic mass is 32.1. The van der Waals surface area contributed by atoms with E-state index in [1.807, 2.05) is 24.4 Å². The first kappa shape index (κ1) is 21.5. The van der Waals surface area contributed by atoms with Gasteiger partial charge in [-0.2, -0.15) is 5.26 Å². The van der Waals surface area contributed by atoms with Crippen LogP contribution in [0.15, 0.2) is 40.7 Å². The molecule has 2 heterocycles. The number of nitrogens with one attached hydrogen (secondary N) is 2. The van der Waals surface area contributed by atoms with Gasteiger partial charge < -0.3 is 9.80 Å². The largest absolute Gasteiger partial charge is 0.338 e. The Hall–Kier alpha value is -3.19. The van der Waals surface area contributed by atoms with Crippen LogP contribution in [0.5, 0.6) is 0 Å². The van der Waals surface area contributed by atoms with Crippen molar-refractivity contribution in [2.75, 3.05) is 25.0 Å². The van der Waals surface area contributed by atoms with E-state index in [2.05, 4.69) is 15.6 Å². The van der Waals surface area contributed by atoms with Crippen molar-refractivity contribution in [2.24, 2.45) is 4.99 Å². The Balaban J connectivity index is 1.79. The highest BCUT2D eigenvalue weighted by molar-refractivity contribution is 7.14. The van der Waals surface area contributed by atoms with Gasteiger partial charge in [-0.1, -0.05) is 13.3 Å². The average Bonchev–Trinajstić information content (AvgIpc) is 3.23. The molecule has 1 aromatic carbocycles. The smallest absolute Gasteiger partial charge is 0.322 e. The number of aliphatic imine (C=N–C) groups is 1. The molecule has 1 saturated heterocycles. The summed E-state index contributed by atoms with van der Waals surface area (Å²) in [6.45, 7) is 3.23. The third-order valence-corrected chi connectivity index (χ3v) is 5.50. The fourth-order valence-electron chi connectivity index (χ4n) is 3.34. The van der Waals surface area contributed by atoms with Gasteiger partial charge in [-0.3, -0.25) is 10.6 Å². The van der Waals surface area contributed by atoms with E-state index in [4.69, 9.17) is 5.26 Å². The van der Waals surface area contributed by atoms with Gasteiger partial charge in [0.2, 0.25) is 5.96 Å². The lowest BCUT2D eigenvalue weighted by Crippen LogP contribution is -2.59. The van der Waals surface area contributed by atoms with Gasteiger partial charge in [0.1, 0.15) is 17.3 Å². The van der Waals surface area contributed by atoms with Crippen molar-refractivity contribution in [2.45, 2.75) is 25.8 Å². The maximum atomic E-state index is 14.0. The molecule has 1 aliphatic rings. The molecule has 0 aliphatic carbocycles. The zero-order valence-electron chi connectivity index (χ0n) is 16.4. The molecule has 3 rings (SSSR count). The number of urea groups is 1. The summed E-state index contributed by atoms with van der Waals surface area (Å²) in [6, 6.07) is 6.37. The molecule has 30 heavy (non-hydrogen) atoms. The van der Waals surface area contributed by atoms with Crippen LogP contribution in [0.1, 0.15) is 19.8 Å². The van der Waals surface area contributed by atoms with Crippen LogP contribution < -0.4 is 10.6 Å². The first-order valence-electron chi connectivity index (χ1n) is 9.56. The van der Waals surface area contributed by atoms with Crippen molar-refractivity contribution in [1.82, 2.24) is 15.1 Å². The second-order valence-corrected chi connectivity index (χ2v) is 7.71. The van der Waals surface area contributed by atoms with E-state index in [-0.39, 0.29) is 23.7 Å².